The Balaban J connectivity index is 2.22. The van der Waals surface area contributed by atoms with Crippen LogP contribution in [0.2, 0.25) is 0 Å². The van der Waals surface area contributed by atoms with Gasteiger partial charge in [-0.05, 0) is 24.6 Å². The Morgan fingerprint density at radius 3 is 2.95 bits per heavy atom. The van der Waals surface area contributed by atoms with Crippen LogP contribution in [0.4, 0.5) is 21.8 Å². The summed E-state index contributed by atoms with van der Waals surface area (Å²) in [4.78, 5) is 8.32. The SMILES string of the molecule is CCCNc1nccc(Nc2cccc(F)c2C#N)n1. The van der Waals surface area contributed by atoms with Gasteiger partial charge in [-0.15, -0.1) is 0 Å². The molecule has 102 valence electrons. The van der Waals surface area contributed by atoms with Crippen LogP contribution in [0.3, 0.4) is 0 Å². The molecule has 0 amide bonds. The largest absolute Gasteiger partial charge is 0.354 e. The highest BCUT2D eigenvalue weighted by atomic mass is 19.1. The zero-order valence-electron chi connectivity index (χ0n) is 11.0. The van der Waals surface area contributed by atoms with Crippen molar-refractivity contribution in [1.82, 2.24) is 9.97 Å². The van der Waals surface area contributed by atoms with Crippen molar-refractivity contribution in [2.45, 2.75) is 13.3 Å². The molecular weight excluding hydrogens is 257 g/mol. The summed E-state index contributed by atoms with van der Waals surface area (Å²) in [5.41, 5.74) is 0.349. The Bertz CT molecular complexity index is 636. The number of halogens is 1. The van der Waals surface area contributed by atoms with Crippen LogP contribution in [0.5, 0.6) is 0 Å². The summed E-state index contributed by atoms with van der Waals surface area (Å²) in [5.74, 6) is 0.434. The van der Waals surface area contributed by atoms with Gasteiger partial charge in [0.25, 0.3) is 0 Å². The number of hydrogen-bond donors (Lipinski definition) is 2. The van der Waals surface area contributed by atoms with E-state index in [1.807, 2.05) is 13.0 Å². The van der Waals surface area contributed by atoms with E-state index in [0.29, 0.717) is 17.5 Å². The molecule has 1 aromatic carbocycles. The highest BCUT2D eigenvalue weighted by Gasteiger charge is 2.08. The van der Waals surface area contributed by atoms with Gasteiger partial charge in [0.1, 0.15) is 23.3 Å². The minimum atomic E-state index is -0.559. The van der Waals surface area contributed by atoms with Crippen molar-refractivity contribution in [3.63, 3.8) is 0 Å². The minimum Gasteiger partial charge on any atom is -0.354 e. The van der Waals surface area contributed by atoms with Gasteiger partial charge in [-0.25, -0.2) is 9.37 Å². The Morgan fingerprint density at radius 1 is 1.35 bits per heavy atom. The number of nitrogens with one attached hydrogen (secondary N) is 2. The molecule has 0 saturated carbocycles. The Morgan fingerprint density at radius 2 is 2.20 bits per heavy atom. The number of hydrogen-bond acceptors (Lipinski definition) is 5. The quantitative estimate of drug-likeness (QED) is 0.874. The van der Waals surface area contributed by atoms with Gasteiger partial charge in [0.2, 0.25) is 5.95 Å². The van der Waals surface area contributed by atoms with Gasteiger partial charge in [0.15, 0.2) is 0 Å². The van der Waals surface area contributed by atoms with Crippen LogP contribution in [0.15, 0.2) is 30.5 Å². The molecule has 2 N–H and O–H groups in total. The molecule has 20 heavy (non-hydrogen) atoms. The summed E-state index contributed by atoms with van der Waals surface area (Å²) >= 11 is 0. The van der Waals surface area contributed by atoms with E-state index in [2.05, 4.69) is 20.6 Å². The van der Waals surface area contributed by atoms with Crippen molar-refractivity contribution in [2.24, 2.45) is 0 Å². The first-order valence-corrected chi connectivity index (χ1v) is 6.27. The fourth-order valence-electron chi connectivity index (χ4n) is 1.63. The van der Waals surface area contributed by atoms with Crippen LogP contribution in [-0.4, -0.2) is 16.5 Å². The third-order valence-electron chi connectivity index (χ3n) is 2.58. The first-order chi connectivity index (χ1) is 9.74. The van der Waals surface area contributed by atoms with Crippen LogP contribution < -0.4 is 10.6 Å². The smallest absolute Gasteiger partial charge is 0.224 e. The van der Waals surface area contributed by atoms with Crippen LogP contribution in [-0.2, 0) is 0 Å². The Hall–Kier alpha value is -2.68. The fraction of sp³-hybridized carbons (Fsp3) is 0.214. The van der Waals surface area contributed by atoms with Crippen molar-refractivity contribution in [3.8, 4) is 6.07 Å². The van der Waals surface area contributed by atoms with E-state index in [-0.39, 0.29) is 5.56 Å². The molecule has 0 spiro atoms. The zero-order chi connectivity index (χ0) is 14.4. The van der Waals surface area contributed by atoms with Gasteiger partial charge in [-0.3, -0.25) is 0 Å². The number of anilines is 3. The molecule has 0 bridgehead atoms. The number of benzene rings is 1. The summed E-state index contributed by atoms with van der Waals surface area (Å²) in [6.45, 7) is 2.81. The van der Waals surface area contributed by atoms with Crippen LogP contribution in [0.1, 0.15) is 18.9 Å². The van der Waals surface area contributed by atoms with Gasteiger partial charge in [-0.2, -0.15) is 10.2 Å². The lowest BCUT2D eigenvalue weighted by Crippen LogP contribution is -2.06. The van der Waals surface area contributed by atoms with Crippen LogP contribution >= 0.6 is 0 Å². The van der Waals surface area contributed by atoms with Crippen molar-refractivity contribution in [2.75, 3.05) is 17.2 Å². The van der Waals surface area contributed by atoms with E-state index in [4.69, 9.17) is 5.26 Å². The van der Waals surface area contributed by atoms with E-state index >= 15 is 0 Å². The monoisotopic (exact) mass is 271 g/mol. The third-order valence-corrected chi connectivity index (χ3v) is 2.58. The molecule has 2 rings (SSSR count). The lowest BCUT2D eigenvalue weighted by molar-refractivity contribution is 0.624. The maximum Gasteiger partial charge on any atom is 0.224 e. The van der Waals surface area contributed by atoms with E-state index in [9.17, 15) is 4.39 Å². The van der Waals surface area contributed by atoms with Crippen molar-refractivity contribution in [3.05, 3.63) is 41.8 Å². The maximum atomic E-state index is 13.5. The highest BCUT2D eigenvalue weighted by molar-refractivity contribution is 5.65. The standard InChI is InChI=1S/C14H14FN5/c1-2-7-17-14-18-8-6-13(20-14)19-12-5-3-4-11(15)10(12)9-16/h3-6,8H,2,7H2,1H3,(H2,17,18,19,20). The van der Waals surface area contributed by atoms with Gasteiger partial charge in [0, 0.05) is 12.7 Å². The summed E-state index contributed by atoms with van der Waals surface area (Å²) in [5, 5.41) is 15.0. The molecule has 0 radical (unpaired) electrons. The highest BCUT2D eigenvalue weighted by Crippen LogP contribution is 2.21. The van der Waals surface area contributed by atoms with Crippen molar-refractivity contribution >= 4 is 17.5 Å². The van der Waals surface area contributed by atoms with Crippen LogP contribution in [0, 0.1) is 17.1 Å². The lowest BCUT2D eigenvalue weighted by atomic mass is 10.2. The van der Waals surface area contributed by atoms with Gasteiger partial charge < -0.3 is 10.6 Å². The molecule has 0 aliphatic carbocycles. The number of aromatic nitrogens is 2. The maximum absolute atomic E-state index is 13.5. The molecule has 0 aliphatic rings. The second kappa shape index (κ2) is 6.48. The summed E-state index contributed by atoms with van der Waals surface area (Å²) in [6, 6.07) is 7.91. The molecule has 0 fully saturated rings. The molecule has 2 aromatic rings. The van der Waals surface area contributed by atoms with E-state index in [1.165, 1.54) is 12.1 Å². The third kappa shape index (κ3) is 3.20. The second-order valence-corrected chi connectivity index (χ2v) is 4.09. The van der Waals surface area contributed by atoms with E-state index < -0.39 is 5.82 Å². The lowest BCUT2D eigenvalue weighted by Gasteiger charge is -2.09. The summed E-state index contributed by atoms with van der Waals surface area (Å²) in [7, 11) is 0. The first kappa shape index (κ1) is 13.7. The number of nitriles is 1. The zero-order valence-corrected chi connectivity index (χ0v) is 11.0. The average molecular weight is 271 g/mol. The first-order valence-electron chi connectivity index (χ1n) is 6.27. The second-order valence-electron chi connectivity index (χ2n) is 4.09. The molecule has 5 nitrogen and oxygen atoms in total. The van der Waals surface area contributed by atoms with E-state index in [0.717, 1.165) is 13.0 Å². The van der Waals surface area contributed by atoms with Crippen molar-refractivity contribution in [1.29, 1.82) is 5.26 Å². The predicted molar refractivity (Wildman–Crippen MR) is 75.2 cm³/mol. The van der Waals surface area contributed by atoms with Crippen LogP contribution in [0.25, 0.3) is 0 Å². The Kier molecular flexibility index (Phi) is 4.45. The fourth-order valence-corrected chi connectivity index (χ4v) is 1.63. The normalized spacial score (nSPS) is 9.85. The molecular formula is C14H14FN5. The topological polar surface area (TPSA) is 73.6 Å². The molecule has 0 unspecified atom stereocenters. The van der Waals surface area contributed by atoms with Gasteiger partial charge >= 0.3 is 0 Å². The molecule has 1 aromatic heterocycles. The molecule has 0 saturated heterocycles. The summed E-state index contributed by atoms with van der Waals surface area (Å²) in [6.07, 6.45) is 2.56. The minimum absolute atomic E-state index is 0.0332. The Labute approximate surface area is 116 Å². The predicted octanol–water partition coefficient (Wildman–Crippen LogP) is 3.05. The van der Waals surface area contributed by atoms with Gasteiger partial charge in [-0.1, -0.05) is 13.0 Å². The number of rotatable bonds is 5. The summed E-state index contributed by atoms with van der Waals surface area (Å²) < 4.78 is 13.5. The van der Waals surface area contributed by atoms with Crippen molar-refractivity contribution < 1.29 is 4.39 Å². The van der Waals surface area contributed by atoms with E-state index in [1.54, 1.807) is 18.3 Å². The van der Waals surface area contributed by atoms with Gasteiger partial charge in [0.05, 0.1) is 5.69 Å². The molecule has 0 aliphatic heterocycles. The molecule has 6 heteroatoms. The molecule has 0 atom stereocenters. The average Bonchev–Trinajstić information content (AvgIpc) is 2.46. The molecule has 1 heterocycles. The number of nitrogens with zero attached hydrogens (tertiary/aromatic N) is 3.